The highest BCUT2D eigenvalue weighted by Crippen LogP contribution is 2.35. The molecule has 0 bridgehead atoms. The van der Waals surface area contributed by atoms with Crippen LogP contribution >= 0.6 is 0 Å². The van der Waals surface area contributed by atoms with Crippen molar-refractivity contribution in [3.05, 3.63) is 88.5 Å². The maximum atomic E-state index is 14.8. The Morgan fingerprint density at radius 1 is 0.692 bits per heavy atom. The third-order valence-corrected chi connectivity index (χ3v) is 6.49. The van der Waals surface area contributed by atoms with E-state index in [1.165, 1.54) is 24.3 Å². The van der Waals surface area contributed by atoms with E-state index in [0.717, 1.165) is 12.1 Å². The van der Waals surface area contributed by atoms with Crippen LogP contribution in [0.1, 0.15) is 50.7 Å². The number of benzene rings is 3. The molecule has 3 aromatic carbocycles. The van der Waals surface area contributed by atoms with Crippen molar-refractivity contribution in [1.82, 2.24) is 0 Å². The summed E-state index contributed by atoms with van der Waals surface area (Å²) >= 11 is 0. The minimum Gasteiger partial charge on any atom is -0.491 e. The molecule has 0 amide bonds. The van der Waals surface area contributed by atoms with Gasteiger partial charge in [0.1, 0.15) is 0 Å². The molecule has 4 rings (SSSR count). The molecular formula is C30H28F6O3. The molecule has 0 aromatic heterocycles. The van der Waals surface area contributed by atoms with Gasteiger partial charge in [-0.2, -0.15) is 8.78 Å². The van der Waals surface area contributed by atoms with Gasteiger partial charge in [0.2, 0.25) is 11.6 Å². The first-order valence-corrected chi connectivity index (χ1v) is 12.8. The van der Waals surface area contributed by atoms with Crippen LogP contribution < -0.4 is 9.47 Å². The topological polar surface area (TPSA) is 27.7 Å². The van der Waals surface area contributed by atoms with E-state index in [1.807, 2.05) is 6.92 Å². The van der Waals surface area contributed by atoms with Gasteiger partial charge < -0.3 is 14.2 Å². The Bertz CT molecular complexity index is 1370. The lowest BCUT2D eigenvalue weighted by Crippen LogP contribution is -2.16. The van der Waals surface area contributed by atoms with Gasteiger partial charge in [-0.1, -0.05) is 25.1 Å². The van der Waals surface area contributed by atoms with E-state index >= 15 is 0 Å². The van der Waals surface area contributed by atoms with Gasteiger partial charge in [0.15, 0.2) is 34.8 Å². The van der Waals surface area contributed by atoms with Crippen LogP contribution in [0, 0.1) is 34.9 Å². The van der Waals surface area contributed by atoms with Crippen molar-refractivity contribution in [3.63, 3.8) is 0 Å². The first-order valence-electron chi connectivity index (χ1n) is 12.8. The Balaban J connectivity index is 1.43. The molecule has 0 fully saturated rings. The van der Waals surface area contributed by atoms with Crippen molar-refractivity contribution in [2.75, 3.05) is 13.2 Å². The van der Waals surface area contributed by atoms with E-state index in [4.69, 9.17) is 14.2 Å². The summed E-state index contributed by atoms with van der Waals surface area (Å²) in [5.41, 5.74) is -0.177. The zero-order valence-corrected chi connectivity index (χ0v) is 21.6. The Labute approximate surface area is 223 Å². The molecule has 0 N–H and O–H groups in total. The Morgan fingerprint density at radius 2 is 1.28 bits per heavy atom. The minimum atomic E-state index is -1.34. The van der Waals surface area contributed by atoms with E-state index in [-0.39, 0.29) is 48.6 Å². The van der Waals surface area contributed by atoms with Gasteiger partial charge in [-0.3, -0.25) is 0 Å². The number of hydrogen-bond acceptors (Lipinski definition) is 3. The van der Waals surface area contributed by atoms with Crippen LogP contribution in [-0.4, -0.2) is 19.3 Å². The van der Waals surface area contributed by atoms with Crippen molar-refractivity contribution in [2.45, 2.75) is 52.2 Å². The number of hydrogen-bond donors (Lipinski definition) is 0. The molecule has 1 atom stereocenters. The summed E-state index contributed by atoms with van der Waals surface area (Å²) in [7, 11) is 0. The van der Waals surface area contributed by atoms with Crippen molar-refractivity contribution in [1.29, 1.82) is 0 Å². The molecule has 9 heteroatoms. The normalized spacial score (nSPS) is 15.3. The van der Waals surface area contributed by atoms with Gasteiger partial charge in [0.25, 0.3) is 0 Å². The van der Waals surface area contributed by atoms with Crippen molar-refractivity contribution in [2.24, 2.45) is 0 Å². The average molecular weight is 551 g/mol. The lowest BCUT2D eigenvalue weighted by Gasteiger charge is -2.23. The van der Waals surface area contributed by atoms with Gasteiger partial charge in [-0.15, -0.1) is 0 Å². The predicted molar refractivity (Wildman–Crippen MR) is 135 cm³/mol. The van der Waals surface area contributed by atoms with E-state index < -0.39 is 46.0 Å². The molecule has 208 valence electrons. The van der Waals surface area contributed by atoms with Gasteiger partial charge in [0, 0.05) is 22.3 Å². The number of ether oxygens (including phenoxy) is 3. The fourth-order valence-electron chi connectivity index (χ4n) is 4.43. The van der Waals surface area contributed by atoms with Crippen LogP contribution in [0.3, 0.4) is 0 Å². The maximum Gasteiger partial charge on any atom is 0.201 e. The first kappa shape index (κ1) is 28.5. The summed E-state index contributed by atoms with van der Waals surface area (Å²) in [6, 6.07) is 7.59. The summed E-state index contributed by atoms with van der Waals surface area (Å²) in [5.74, 6) is -7.64. The molecule has 3 aromatic rings. The van der Waals surface area contributed by atoms with Gasteiger partial charge in [-0.05, 0) is 62.4 Å². The van der Waals surface area contributed by atoms with Gasteiger partial charge in [0.05, 0.1) is 25.9 Å². The Hall–Kier alpha value is -3.46. The van der Waals surface area contributed by atoms with Crippen LogP contribution in [0.15, 0.2) is 42.5 Å². The quantitative estimate of drug-likeness (QED) is 0.237. The largest absolute Gasteiger partial charge is 0.491 e. The molecule has 39 heavy (non-hydrogen) atoms. The number of rotatable bonds is 10. The SMILES string of the molecule is CCCOc1ccc(C2=CCC(OCc3ccc(-c4ccc(OCC)c(F)c4F)c(F)c3F)CC2)c(F)c1F. The molecule has 0 spiro atoms. The van der Waals surface area contributed by atoms with E-state index in [1.54, 1.807) is 13.0 Å². The molecular weight excluding hydrogens is 522 g/mol. The third kappa shape index (κ3) is 6.08. The Kier molecular flexibility index (Phi) is 9.22. The van der Waals surface area contributed by atoms with Crippen LogP contribution in [0.25, 0.3) is 16.7 Å². The van der Waals surface area contributed by atoms with E-state index in [2.05, 4.69) is 0 Å². The molecule has 0 saturated carbocycles. The highest BCUT2D eigenvalue weighted by Gasteiger charge is 2.24. The summed E-state index contributed by atoms with van der Waals surface area (Å²) in [6.45, 7) is 3.60. The minimum absolute atomic E-state index is 0.0892. The molecule has 1 aliphatic carbocycles. The maximum absolute atomic E-state index is 14.8. The molecule has 0 radical (unpaired) electrons. The lowest BCUT2D eigenvalue weighted by molar-refractivity contribution is 0.0342. The second kappa shape index (κ2) is 12.6. The molecule has 1 aliphatic rings. The summed E-state index contributed by atoms with van der Waals surface area (Å²) in [5, 5.41) is 0. The fraction of sp³-hybridized carbons (Fsp3) is 0.333. The second-order valence-electron chi connectivity index (χ2n) is 9.10. The molecule has 1 unspecified atom stereocenters. The number of allylic oxidation sites excluding steroid dienone is 1. The first-order chi connectivity index (χ1) is 18.8. The summed E-state index contributed by atoms with van der Waals surface area (Å²) in [4.78, 5) is 0. The molecule has 0 heterocycles. The number of halogens is 6. The van der Waals surface area contributed by atoms with Gasteiger partial charge >= 0.3 is 0 Å². The zero-order valence-electron chi connectivity index (χ0n) is 21.6. The smallest absolute Gasteiger partial charge is 0.201 e. The van der Waals surface area contributed by atoms with Crippen LogP contribution in [0.2, 0.25) is 0 Å². The summed E-state index contributed by atoms with van der Waals surface area (Å²) in [6.07, 6.45) is 3.27. The third-order valence-electron chi connectivity index (χ3n) is 6.49. The van der Waals surface area contributed by atoms with Crippen LogP contribution in [0.4, 0.5) is 26.3 Å². The van der Waals surface area contributed by atoms with Crippen molar-refractivity contribution in [3.8, 4) is 22.6 Å². The summed E-state index contributed by atoms with van der Waals surface area (Å²) < 4.78 is 103. The fourth-order valence-corrected chi connectivity index (χ4v) is 4.43. The van der Waals surface area contributed by atoms with Crippen molar-refractivity contribution >= 4 is 5.57 Å². The molecule has 0 saturated heterocycles. The Morgan fingerprint density at radius 3 is 1.90 bits per heavy atom. The van der Waals surface area contributed by atoms with Crippen molar-refractivity contribution < 1.29 is 40.6 Å². The predicted octanol–water partition coefficient (Wildman–Crippen LogP) is 8.53. The second-order valence-corrected chi connectivity index (χ2v) is 9.10. The van der Waals surface area contributed by atoms with Crippen LogP contribution in [-0.2, 0) is 11.3 Å². The van der Waals surface area contributed by atoms with E-state index in [9.17, 15) is 26.3 Å². The van der Waals surface area contributed by atoms with Gasteiger partial charge in [-0.25, -0.2) is 17.6 Å². The lowest BCUT2D eigenvalue weighted by atomic mass is 9.91. The van der Waals surface area contributed by atoms with Crippen LogP contribution in [0.5, 0.6) is 11.5 Å². The zero-order chi connectivity index (χ0) is 28.1. The highest BCUT2D eigenvalue weighted by atomic mass is 19.2. The molecule has 3 nitrogen and oxygen atoms in total. The standard InChI is InChI=1S/C30H28F6O3/c1-3-15-38-24-13-11-20(26(32)30(24)36)17-5-8-19(9-6-17)39-16-18-7-10-21(27(33)25(18)31)22-12-14-23(37-4-2)29(35)28(22)34/h5,7,10-14,19H,3-4,6,8-9,15-16H2,1-2H3. The average Bonchev–Trinajstić information content (AvgIpc) is 2.94. The molecule has 0 aliphatic heterocycles. The highest BCUT2D eigenvalue weighted by molar-refractivity contribution is 5.68. The monoisotopic (exact) mass is 550 g/mol. The van der Waals surface area contributed by atoms with E-state index in [0.29, 0.717) is 31.3 Å².